The first-order chi connectivity index (χ1) is 8.16. The van der Waals surface area contributed by atoms with E-state index in [2.05, 4.69) is 5.32 Å². The normalized spacial score (nSPS) is 33.6. The summed E-state index contributed by atoms with van der Waals surface area (Å²) in [6.07, 6.45) is 4.40. The van der Waals surface area contributed by atoms with Gasteiger partial charge in [-0.25, -0.2) is 0 Å². The molecule has 0 aromatic carbocycles. The highest BCUT2D eigenvalue weighted by atomic mass is 16.5. The number of amides is 1. The monoisotopic (exact) mass is 240 g/mol. The van der Waals surface area contributed by atoms with Crippen LogP contribution in [0.3, 0.4) is 0 Å². The number of nitrogens with one attached hydrogen (secondary N) is 1. The Labute approximate surface area is 104 Å². The predicted octanol–water partition coefficient (Wildman–Crippen LogP) is 1.01. The van der Waals surface area contributed by atoms with E-state index in [1.54, 1.807) is 0 Å². The van der Waals surface area contributed by atoms with Crippen LogP contribution in [-0.2, 0) is 9.53 Å². The summed E-state index contributed by atoms with van der Waals surface area (Å²) >= 11 is 0. The van der Waals surface area contributed by atoms with Crippen LogP contribution in [0, 0.1) is 5.92 Å². The second-order valence-corrected chi connectivity index (χ2v) is 5.44. The number of carbonyl (C=O) groups excluding carboxylic acids is 1. The molecule has 0 saturated carbocycles. The third-order valence-electron chi connectivity index (χ3n) is 3.81. The standard InChI is InChI=1S/C13H24N2O2/c1-10-5-6-12(17-10)13(16)15(2)9-11-4-3-7-14-8-11/h10-12,14H,3-9H2,1-2H3. The largest absolute Gasteiger partial charge is 0.365 e. The van der Waals surface area contributed by atoms with Gasteiger partial charge >= 0.3 is 0 Å². The number of hydrogen-bond donors (Lipinski definition) is 1. The highest BCUT2D eigenvalue weighted by Gasteiger charge is 2.31. The maximum absolute atomic E-state index is 12.1. The van der Waals surface area contributed by atoms with Crippen LogP contribution in [0.25, 0.3) is 0 Å². The molecule has 2 rings (SSSR count). The van der Waals surface area contributed by atoms with Gasteiger partial charge < -0.3 is 15.0 Å². The maximum atomic E-state index is 12.1. The van der Waals surface area contributed by atoms with Gasteiger partial charge in [-0.2, -0.15) is 0 Å². The van der Waals surface area contributed by atoms with E-state index in [9.17, 15) is 4.79 Å². The summed E-state index contributed by atoms with van der Waals surface area (Å²) in [6, 6.07) is 0. The quantitative estimate of drug-likeness (QED) is 0.800. The molecule has 0 radical (unpaired) electrons. The minimum absolute atomic E-state index is 0.167. The van der Waals surface area contributed by atoms with Gasteiger partial charge in [-0.15, -0.1) is 0 Å². The molecule has 0 aliphatic carbocycles. The number of rotatable bonds is 3. The van der Waals surface area contributed by atoms with Crippen LogP contribution in [0.1, 0.15) is 32.6 Å². The van der Waals surface area contributed by atoms with Gasteiger partial charge in [-0.1, -0.05) is 0 Å². The van der Waals surface area contributed by atoms with Gasteiger partial charge in [0.2, 0.25) is 0 Å². The van der Waals surface area contributed by atoms with Crippen molar-refractivity contribution in [2.75, 3.05) is 26.7 Å². The van der Waals surface area contributed by atoms with Gasteiger partial charge in [0.1, 0.15) is 6.10 Å². The Morgan fingerprint density at radius 3 is 2.82 bits per heavy atom. The molecule has 1 amide bonds. The van der Waals surface area contributed by atoms with Crippen molar-refractivity contribution in [3.05, 3.63) is 0 Å². The highest BCUT2D eigenvalue weighted by Crippen LogP contribution is 2.21. The number of nitrogens with zero attached hydrogens (tertiary/aromatic N) is 1. The van der Waals surface area contributed by atoms with Crippen molar-refractivity contribution in [3.8, 4) is 0 Å². The summed E-state index contributed by atoms with van der Waals surface area (Å²) < 4.78 is 5.63. The molecule has 0 aromatic rings. The first kappa shape index (κ1) is 12.8. The SMILES string of the molecule is CC1CCC(C(=O)N(C)CC2CCCNC2)O1. The molecule has 0 bridgehead atoms. The average Bonchev–Trinajstić information content (AvgIpc) is 2.76. The van der Waals surface area contributed by atoms with Gasteiger partial charge in [0.15, 0.2) is 0 Å². The van der Waals surface area contributed by atoms with E-state index in [1.165, 1.54) is 12.8 Å². The van der Waals surface area contributed by atoms with Crippen LogP contribution in [0.15, 0.2) is 0 Å². The zero-order chi connectivity index (χ0) is 12.3. The Bertz CT molecular complexity index is 264. The van der Waals surface area contributed by atoms with E-state index in [-0.39, 0.29) is 18.1 Å². The van der Waals surface area contributed by atoms with Crippen LogP contribution in [0.4, 0.5) is 0 Å². The molecule has 4 nitrogen and oxygen atoms in total. The molecule has 2 fully saturated rings. The lowest BCUT2D eigenvalue weighted by molar-refractivity contribution is -0.141. The lowest BCUT2D eigenvalue weighted by atomic mass is 9.99. The topological polar surface area (TPSA) is 41.6 Å². The van der Waals surface area contributed by atoms with Gasteiger partial charge in [-0.3, -0.25) is 4.79 Å². The number of ether oxygens (including phenoxy) is 1. The van der Waals surface area contributed by atoms with Crippen molar-refractivity contribution < 1.29 is 9.53 Å². The highest BCUT2D eigenvalue weighted by molar-refractivity contribution is 5.80. The zero-order valence-corrected chi connectivity index (χ0v) is 10.9. The molecule has 0 aromatic heterocycles. The van der Waals surface area contributed by atoms with E-state index in [0.717, 1.165) is 32.5 Å². The Balaban J connectivity index is 1.78. The van der Waals surface area contributed by atoms with Crippen molar-refractivity contribution in [2.45, 2.75) is 44.8 Å². The fourth-order valence-corrected chi connectivity index (χ4v) is 2.79. The number of piperidine rings is 1. The lowest BCUT2D eigenvalue weighted by Gasteiger charge is -2.29. The first-order valence-electron chi connectivity index (χ1n) is 6.78. The van der Waals surface area contributed by atoms with Crippen molar-refractivity contribution in [3.63, 3.8) is 0 Å². The van der Waals surface area contributed by atoms with Crippen LogP contribution in [-0.4, -0.2) is 49.7 Å². The summed E-state index contributed by atoms with van der Waals surface area (Å²) in [4.78, 5) is 14.0. The molecule has 0 spiro atoms. The third kappa shape index (κ3) is 3.42. The smallest absolute Gasteiger partial charge is 0.251 e. The summed E-state index contributed by atoms with van der Waals surface area (Å²) in [5, 5.41) is 3.39. The van der Waals surface area contributed by atoms with Crippen LogP contribution in [0.2, 0.25) is 0 Å². The molecule has 98 valence electrons. The number of likely N-dealkylation sites (N-methyl/N-ethyl adjacent to an activating group) is 1. The number of hydrogen-bond acceptors (Lipinski definition) is 3. The van der Waals surface area contributed by atoms with Gasteiger partial charge in [0, 0.05) is 13.6 Å². The Hall–Kier alpha value is -0.610. The van der Waals surface area contributed by atoms with E-state index in [0.29, 0.717) is 5.92 Å². The molecule has 2 aliphatic rings. The van der Waals surface area contributed by atoms with Gasteiger partial charge in [0.25, 0.3) is 5.91 Å². The lowest BCUT2D eigenvalue weighted by Crippen LogP contribution is -2.42. The molecule has 2 aliphatic heterocycles. The summed E-state index contributed by atoms with van der Waals surface area (Å²) in [5.41, 5.74) is 0. The summed E-state index contributed by atoms with van der Waals surface area (Å²) in [5.74, 6) is 0.774. The second kappa shape index (κ2) is 5.83. The molecule has 3 unspecified atom stereocenters. The molecule has 17 heavy (non-hydrogen) atoms. The fraction of sp³-hybridized carbons (Fsp3) is 0.923. The molecule has 4 heteroatoms. The summed E-state index contributed by atoms with van der Waals surface area (Å²) in [7, 11) is 1.91. The zero-order valence-electron chi connectivity index (χ0n) is 10.9. The Morgan fingerprint density at radius 1 is 1.41 bits per heavy atom. The fourth-order valence-electron chi connectivity index (χ4n) is 2.79. The van der Waals surface area contributed by atoms with E-state index < -0.39 is 0 Å². The van der Waals surface area contributed by atoms with E-state index >= 15 is 0 Å². The third-order valence-corrected chi connectivity index (χ3v) is 3.81. The number of carbonyl (C=O) groups is 1. The predicted molar refractivity (Wildman–Crippen MR) is 66.8 cm³/mol. The van der Waals surface area contributed by atoms with Crippen LogP contribution >= 0.6 is 0 Å². The minimum Gasteiger partial charge on any atom is -0.365 e. The van der Waals surface area contributed by atoms with E-state index in [1.807, 2.05) is 18.9 Å². The van der Waals surface area contributed by atoms with Gasteiger partial charge in [0.05, 0.1) is 6.10 Å². The van der Waals surface area contributed by atoms with Crippen LogP contribution < -0.4 is 5.32 Å². The molecular formula is C13H24N2O2. The molecular weight excluding hydrogens is 216 g/mol. The molecule has 3 atom stereocenters. The average molecular weight is 240 g/mol. The summed E-state index contributed by atoms with van der Waals surface area (Å²) in [6.45, 7) is 5.06. The van der Waals surface area contributed by atoms with Crippen molar-refractivity contribution >= 4 is 5.91 Å². The van der Waals surface area contributed by atoms with Crippen molar-refractivity contribution in [1.29, 1.82) is 0 Å². The molecule has 1 N–H and O–H groups in total. The second-order valence-electron chi connectivity index (χ2n) is 5.44. The minimum atomic E-state index is -0.188. The maximum Gasteiger partial charge on any atom is 0.251 e. The van der Waals surface area contributed by atoms with E-state index in [4.69, 9.17) is 4.74 Å². The van der Waals surface area contributed by atoms with Crippen LogP contribution in [0.5, 0.6) is 0 Å². The van der Waals surface area contributed by atoms with Crippen molar-refractivity contribution in [1.82, 2.24) is 10.2 Å². The van der Waals surface area contributed by atoms with Crippen molar-refractivity contribution in [2.24, 2.45) is 5.92 Å². The molecule has 2 saturated heterocycles. The Kier molecular flexibility index (Phi) is 4.40. The molecule has 2 heterocycles. The first-order valence-corrected chi connectivity index (χ1v) is 6.78. The Morgan fingerprint density at radius 2 is 2.24 bits per heavy atom. The van der Waals surface area contributed by atoms with Gasteiger partial charge in [-0.05, 0) is 51.6 Å².